The van der Waals surface area contributed by atoms with Gasteiger partial charge >= 0.3 is 12.0 Å². The molecule has 1 unspecified atom stereocenters. The van der Waals surface area contributed by atoms with Crippen molar-refractivity contribution in [3.63, 3.8) is 0 Å². The van der Waals surface area contributed by atoms with Crippen LogP contribution in [0.2, 0.25) is 0 Å². The molecule has 27 heavy (non-hydrogen) atoms. The minimum Gasteiger partial charge on any atom is -0.480 e. The molecule has 3 N–H and O–H groups in total. The van der Waals surface area contributed by atoms with Crippen LogP contribution in [0, 0.1) is 11.6 Å². The van der Waals surface area contributed by atoms with Gasteiger partial charge in [-0.2, -0.15) is 0 Å². The van der Waals surface area contributed by atoms with E-state index in [9.17, 15) is 18.4 Å². The third-order valence-corrected chi connectivity index (χ3v) is 4.93. The highest BCUT2D eigenvalue weighted by molar-refractivity contribution is 5.75. The number of carbonyl (C=O) groups is 2. The van der Waals surface area contributed by atoms with Gasteiger partial charge in [-0.25, -0.2) is 13.6 Å². The van der Waals surface area contributed by atoms with Crippen LogP contribution < -0.4 is 10.6 Å². The smallest absolute Gasteiger partial charge is 0.317 e. The molecule has 0 saturated heterocycles. The molecule has 0 heterocycles. The summed E-state index contributed by atoms with van der Waals surface area (Å²) in [5, 5.41) is 14.5. The number of benzene rings is 1. The third-order valence-electron chi connectivity index (χ3n) is 4.93. The standard InChI is InChI=1S/C19H27F2N3O3/c1-3-5-17(15-7-6-12(20)8-16(15)21)23-19(27)22-13-9-14(10-13)24(4-2)11-18(25)26/h6-8,13-14,17H,3-5,9-11H2,1-2H3,(H,25,26)(H2,22,23,27). The number of aliphatic carboxylic acids is 1. The van der Waals surface area contributed by atoms with E-state index in [1.165, 1.54) is 12.1 Å². The van der Waals surface area contributed by atoms with Crippen LogP contribution in [0.4, 0.5) is 13.6 Å². The molecule has 2 amide bonds. The topological polar surface area (TPSA) is 81.7 Å². The first-order valence-electron chi connectivity index (χ1n) is 9.31. The first kappa shape index (κ1) is 21.1. The summed E-state index contributed by atoms with van der Waals surface area (Å²) in [5.74, 6) is -2.20. The number of halogens is 2. The number of hydrogen-bond acceptors (Lipinski definition) is 3. The molecule has 1 aliphatic rings. The average Bonchev–Trinajstić information content (AvgIpc) is 2.55. The molecule has 0 aliphatic heterocycles. The van der Waals surface area contributed by atoms with Crippen molar-refractivity contribution in [2.45, 2.75) is 57.7 Å². The minimum absolute atomic E-state index is 0.0114. The molecule has 0 spiro atoms. The maximum Gasteiger partial charge on any atom is 0.317 e. The number of nitrogens with one attached hydrogen (secondary N) is 2. The third kappa shape index (κ3) is 5.89. The van der Waals surface area contributed by atoms with Crippen molar-refractivity contribution >= 4 is 12.0 Å². The molecule has 8 heteroatoms. The quantitative estimate of drug-likeness (QED) is 0.612. The van der Waals surface area contributed by atoms with Crippen LogP contribution in [0.3, 0.4) is 0 Å². The Morgan fingerprint density at radius 1 is 1.30 bits per heavy atom. The van der Waals surface area contributed by atoms with E-state index >= 15 is 0 Å². The Morgan fingerprint density at radius 3 is 2.56 bits per heavy atom. The molecule has 1 aromatic carbocycles. The maximum atomic E-state index is 14.0. The van der Waals surface area contributed by atoms with Gasteiger partial charge < -0.3 is 15.7 Å². The fourth-order valence-corrected chi connectivity index (χ4v) is 3.44. The molecule has 0 radical (unpaired) electrons. The molecular formula is C19H27F2N3O3. The lowest BCUT2D eigenvalue weighted by Crippen LogP contribution is -2.56. The van der Waals surface area contributed by atoms with Crippen molar-refractivity contribution in [2.75, 3.05) is 13.1 Å². The van der Waals surface area contributed by atoms with Crippen molar-refractivity contribution in [1.82, 2.24) is 15.5 Å². The van der Waals surface area contributed by atoms with Gasteiger partial charge in [-0.15, -0.1) is 0 Å². The predicted molar refractivity (Wildman–Crippen MR) is 97.4 cm³/mol. The average molecular weight is 383 g/mol. The summed E-state index contributed by atoms with van der Waals surface area (Å²) in [5.41, 5.74) is 0.263. The first-order chi connectivity index (χ1) is 12.8. The van der Waals surface area contributed by atoms with E-state index in [0.717, 1.165) is 12.5 Å². The molecular weight excluding hydrogens is 356 g/mol. The zero-order valence-electron chi connectivity index (χ0n) is 15.7. The molecule has 1 aliphatic carbocycles. The minimum atomic E-state index is -0.866. The Kier molecular flexibility index (Phi) is 7.53. The van der Waals surface area contributed by atoms with Crippen molar-refractivity contribution in [3.8, 4) is 0 Å². The predicted octanol–water partition coefficient (Wildman–Crippen LogP) is 3.04. The van der Waals surface area contributed by atoms with E-state index in [4.69, 9.17) is 5.11 Å². The Hall–Kier alpha value is -2.22. The zero-order valence-corrected chi connectivity index (χ0v) is 15.7. The Bertz CT molecular complexity index is 666. The number of carboxylic acid groups (broad SMARTS) is 1. The van der Waals surface area contributed by atoms with Gasteiger partial charge in [0.1, 0.15) is 11.6 Å². The monoisotopic (exact) mass is 383 g/mol. The van der Waals surface area contributed by atoms with Crippen molar-refractivity contribution in [2.24, 2.45) is 0 Å². The van der Waals surface area contributed by atoms with Gasteiger partial charge in [-0.1, -0.05) is 26.3 Å². The first-order valence-corrected chi connectivity index (χ1v) is 9.31. The summed E-state index contributed by atoms with van der Waals surface area (Å²) in [4.78, 5) is 25.0. The Labute approximate surface area is 157 Å². The highest BCUT2D eigenvalue weighted by Gasteiger charge is 2.35. The number of amides is 2. The van der Waals surface area contributed by atoms with E-state index in [-0.39, 0.29) is 24.2 Å². The lowest BCUT2D eigenvalue weighted by Gasteiger charge is -2.42. The number of hydrogen-bond donors (Lipinski definition) is 3. The largest absolute Gasteiger partial charge is 0.480 e. The van der Waals surface area contributed by atoms with Crippen LogP contribution in [0.15, 0.2) is 18.2 Å². The fourth-order valence-electron chi connectivity index (χ4n) is 3.44. The highest BCUT2D eigenvalue weighted by atomic mass is 19.1. The van der Waals surface area contributed by atoms with Gasteiger partial charge in [-0.3, -0.25) is 9.69 Å². The molecule has 6 nitrogen and oxygen atoms in total. The molecule has 150 valence electrons. The molecule has 1 aromatic rings. The highest BCUT2D eigenvalue weighted by Crippen LogP contribution is 2.26. The Balaban J connectivity index is 1.87. The maximum absolute atomic E-state index is 14.0. The number of nitrogens with zero attached hydrogens (tertiary/aromatic N) is 1. The second-order valence-corrected chi connectivity index (χ2v) is 6.90. The van der Waals surface area contributed by atoms with Gasteiger partial charge in [0, 0.05) is 23.7 Å². The van der Waals surface area contributed by atoms with E-state index in [2.05, 4.69) is 10.6 Å². The summed E-state index contributed by atoms with van der Waals surface area (Å²) >= 11 is 0. The van der Waals surface area contributed by atoms with Crippen LogP contribution in [0.5, 0.6) is 0 Å². The van der Waals surface area contributed by atoms with E-state index in [0.29, 0.717) is 25.8 Å². The Morgan fingerprint density at radius 2 is 2.00 bits per heavy atom. The molecule has 1 fully saturated rings. The summed E-state index contributed by atoms with van der Waals surface area (Å²) in [6.45, 7) is 4.45. The zero-order chi connectivity index (χ0) is 20.0. The van der Waals surface area contributed by atoms with Gasteiger partial charge in [0.05, 0.1) is 12.6 Å². The van der Waals surface area contributed by atoms with Crippen molar-refractivity contribution in [1.29, 1.82) is 0 Å². The number of rotatable bonds is 9. The molecule has 0 bridgehead atoms. The van der Waals surface area contributed by atoms with Gasteiger partial charge in [0.25, 0.3) is 0 Å². The molecule has 2 rings (SSSR count). The van der Waals surface area contributed by atoms with E-state index < -0.39 is 29.7 Å². The molecule has 0 aromatic heterocycles. The van der Waals surface area contributed by atoms with Gasteiger partial charge in [0.15, 0.2) is 0 Å². The van der Waals surface area contributed by atoms with Crippen LogP contribution in [-0.4, -0.2) is 47.2 Å². The van der Waals surface area contributed by atoms with Crippen LogP contribution in [-0.2, 0) is 4.79 Å². The second kappa shape index (κ2) is 9.64. The summed E-state index contributed by atoms with van der Waals surface area (Å²) in [7, 11) is 0. The van der Waals surface area contributed by atoms with Crippen molar-refractivity contribution in [3.05, 3.63) is 35.4 Å². The lowest BCUT2D eigenvalue weighted by atomic mass is 9.85. The lowest BCUT2D eigenvalue weighted by molar-refractivity contribution is -0.139. The van der Waals surface area contributed by atoms with Gasteiger partial charge in [0.2, 0.25) is 0 Å². The normalized spacial score (nSPS) is 20.0. The summed E-state index contributed by atoms with van der Waals surface area (Å²) < 4.78 is 27.1. The van der Waals surface area contributed by atoms with E-state index in [1.807, 2.05) is 18.7 Å². The summed E-state index contributed by atoms with van der Waals surface area (Å²) in [6.07, 6.45) is 2.62. The number of likely N-dealkylation sites (N-methyl/N-ethyl adjacent to an activating group) is 1. The van der Waals surface area contributed by atoms with Crippen molar-refractivity contribution < 1.29 is 23.5 Å². The van der Waals surface area contributed by atoms with Gasteiger partial charge in [-0.05, 0) is 31.9 Å². The van der Waals surface area contributed by atoms with E-state index in [1.54, 1.807) is 0 Å². The number of carbonyl (C=O) groups excluding carboxylic acids is 1. The number of carboxylic acids is 1. The summed E-state index contributed by atoms with van der Waals surface area (Å²) in [6, 6.07) is 2.51. The van der Waals surface area contributed by atoms with Crippen LogP contribution in [0.25, 0.3) is 0 Å². The van der Waals surface area contributed by atoms with Crippen LogP contribution in [0.1, 0.15) is 51.1 Å². The SMILES string of the molecule is CCCC(NC(=O)NC1CC(N(CC)CC(=O)O)C1)c1ccc(F)cc1F. The molecule has 1 atom stereocenters. The van der Waals surface area contributed by atoms with Crippen LogP contribution >= 0.6 is 0 Å². The molecule has 1 saturated carbocycles. The second-order valence-electron chi connectivity index (χ2n) is 6.90. The fraction of sp³-hybridized carbons (Fsp3) is 0.579. The number of urea groups is 1.